The van der Waals surface area contributed by atoms with Gasteiger partial charge >= 0.3 is 0 Å². The first-order valence-electron chi connectivity index (χ1n) is 10.7. The van der Waals surface area contributed by atoms with Crippen LogP contribution in [-0.4, -0.2) is 42.3 Å². The van der Waals surface area contributed by atoms with Gasteiger partial charge in [0, 0.05) is 43.3 Å². The van der Waals surface area contributed by atoms with Crippen LogP contribution in [0.2, 0.25) is 0 Å². The van der Waals surface area contributed by atoms with E-state index in [1.54, 1.807) is 0 Å². The van der Waals surface area contributed by atoms with Crippen LogP contribution in [0.3, 0.4) is 0 Å². The molecule has 0 spiro atoms. The van der Waals surface area contributed by atoms with Crippen molar-refractivity contribution in [1.82, 2.24) is 10.2 Å². The summed E-state index contributed by atoms with van der Waals surface area (Å²) in [7, 11) is 0. The van der Waals surface area contributed by atoms with E-state index in [9.17, 15) is 9.59 Å². The zero-order valence-corrected chi connectivity index (χ0v) is 16.3. The van der Waals surface area contributed by atoms with Crippen molar-refractivity contribution in [1.29, 1.82) is 0 Å². The van der Waals surface area contributed by atoms with Gasteiger partial charge in [0.05, 0.1) is 0 Å². The molecule has 2 heterocycles. The predicted octanol–water partition coefficient (Wildman–Crippen LogP) is 2.76. The Labute approximate surface area is 161 Å². The summed E-state index contributed by atoms with van der Waals surface area (Å²) in [5, 5.41) is 3.75. The number of Topliss-reactive ketones (excluding diaryl/α,β-unsaturated/α-hetero) is 1. The lowest BCUT2D eigenvalue weighted by molar-refractivity contribution is -0.139. The van der Waals surface area contributed by atoms with E-state index in [-0.39, 0.29) is 17.2 Å². The van der Waals surface area contributed by atoms with Crippen molar-refractivity contribution in [3.05, 3.63) is 34.9 Å². The highest BCUT2D eigenvalue weighted by Crippen LogP contribution is 2.54. The van der Waals surface area contributed by atoms with Crippen LogP contribution in [-0.2, 0) is 21.4 Å². The summed E-state index contributed by atoms with van der Waals surface area (Å²) in [6.07, 6.45) is 6.27. The molecule has 2 saturated heterocycles. The molecular weight excluding hydrogens is 336 g/mol. The molecule has 0 aromatic heterocycles. The first kappa shape index (κ1) is 17.4. The predicted molar refractivity (Wildman–Crippen MR) is 105 cm³/mol. The lowest BCUT2D eigenvalue weighted by Gasteiger charge is -2.56. The van der Waals surface area contributed by atoms with Gasteiger partial charge in [-0.05, 0) is 68.2 Å². The smallest absolute Gasteiger partial charge is 0.223 e. The first-order valence-corrected chi connectivity index (χ1v) is 10.7. The Hall–Kier alpha value is -1.68. The number of nitrogens with zero attached hydrogens (tertiary/aromatic N) is 1. The minimum atomic E-state index is -0.0787. The van der Waals surface area contributed by atoms with Crippen molar-refractivity contribution >= 4 is 11.7 Å². The first-order chi connectivity index (χ1) is 13.1. The van der Waals surface area contributed by atoms with E-state index in [0.29, 0.717) is 30.6 Å². The van der Waals surface area contributed by atoms with Gasteiger partial charge < -0.3 is 10.2 Å². The minimum Gasteiger partial charge on any atom is -0.343 e. The lowest BCUT2D eigenvalue weighted by atomic mass is 9.50. The van der Waals surface area contributed by atoms with E-state index < -0.39 is 0 Å². The monoisotopic (exact) mass is 366 g/mol. The fourth-order valence-electron chi connectivity index (χ4n) is 6.50. The third kappa shape index (κ3) is 2.67. The number of rotatable bonds is 2. The van der Waals surface area contributed by atoms with Crippen molar-refractivity contribution < 1.29 is 9.59 Å². The van der Waals surface area contributed by atoms with Gasteiger partial charge in [-0.3, -0.25) is 9.59 Å². The molecule has 4 heteroatoms. The Bertz CT molecular complexity index is 783. The Morgan fingerprint density at radius 2 is 2.11 bits per heavy atom. The second-order valence-electron chi connectivity index (χ2n) is 9.25. The summed E-state index contributed by atoms with van der Waals surface area (Å²) in [6.45, 7) is 4.96. The zero-order chi connectivity index (χ0) is 18.6. The molecule has 4 unspecified atom stereocenters. The van der Waals surface area contributed by atoms with Gasteiger partial charge in [-0.15, -0.1) is 0 Å². The fourth-order valence-corrected chi connectivity index (χ4v) is 6.50. The Balaban J connectivity index is 1.44. The topological polar surface area (TPSA) is 49.4 Å². The molecule has 4 aliphatic rings. The molecule has 1 N–H and O–H groups in total. The molecule has 2 aliphatic carbocycles. The summed E-state index contributed by atoms with van der Waals surface area (Å²) in [4.78, 5) is 27.8. The number of ketones is 1. The molecule has 0 radical (unpaired) electrons. The van der Waals surface area contributed by atoms with Gasteiger partial charge in [0.2, 0.25) is 5.91 Å². The van der Waals surface area contributed by atoms with Crippen LogP contribution >= 0.6 is 0 Å². The number of fused-ring (bicyclic) bond motifs is 1. The summed E-state index contributed by atoms with van der Waals surface area (Å²) in [6, 6.07) is 7.09. The second-order valence-corrected chi connectivity index (χ2v) is 9.25. The lowest BCUT2D eigenvalue weighted by Crippen LogP contribution is -2.62. The van der Waals surface area contributed by atoms with Crippen LogP contribution < -0.4 is 5.32 Å². The van der Waals surface area contributed by atoms with Crippen molar-refractivity contribution in [2.24, 2.45) is 11.8 Å². The summed E-state index contributed by atoms with van der Waals surface area (Å²) in [5.74, 6) is 0.931. The van der Waals surface area contributed by atoms with E-state index in [0.717, 1.165) is 51.7 Å². The average molecular weight is 367 g/mol. The number of likely N-dealkylation sites (tertiary alicyclic amines) is 1. The largest absolute Gasteiger partial charge is 0.343 e. The summed E-state index contributed by atoms with van der Waals surface area (Å²) < 4.78 is 0. The Morgan fingerprint density at radius 3 is 2.93 bits per heavy atom. The second kappa shape index (κ2) is 6.44. The number of piperidine rings is 1. The van der Waals surface area contributed by atoms with Crippen LogP contribution in [0.15, 0.2) is 18.2 Å². The Morgan fingerprint density at radius 1 is 1.30 bits per heavy atom. The molecule has 2 bridgehead atoms. The molecule has 1 aromatic carbocycles. The van der Waals surface area contributed by atoms with Gasteiger partial charge in [-0.1, -0.05) is 18.2 Å². The summed E-state index contributed by atoms with van der Waals surface area (Å²) in [5.41, 5.74) is 4.26. The van der Waals surface area contributed by atoms with Gasteiger partial charge in [-0.25, -0.2) is 0 Å². The molecule has 144 valence electrons. The Kier molecular flexibility index (Phi) is 4.15. The number of carbonyl (C=O) groups is 2. The molecular formula is C23H30N2O2. The molecule has 4 atom stereocenters. The fraction of sp³-hybridized carbons (Fsp3) is 0.652. The molecule has 2 aliphatic heterocycles. The standard InChI is InChI=1S/C23H30N2O2/c1-15-5-4-6-18-17(15)13-20-19-11-16(12-22(27)25-9-2-3-10-25)21(26)14-23(18,19)7-8-24-20/h4-6,16,19-20,24H,2-3,7-14H2,1H3. The zero-order valence-electron chi connectivity index (χ0n) is 16.3. The third-order valence-corrected chi connectivity index (χ3v) is 7.91. The van der Waals surface area contributed by atoms with E-state index in [1.807, 2.05) is 4.90 Å². The van der Waals surface area contributed by atoms with Crippen LogP contribution in [0.1, 0.15) is 55.2 Å². The van der Waals surface area contributed by atoms with Crippen LogP contribution in [0.25, 0.3) is 0 Å². The number of carbonyl (C=O) groups excluding carboxylic acids is 2. The van der Waals surface area contributed by atoms with Crippen LogP contribution in [0, 0.1) is 18.8 Å². The van der Waals surface area contributed by atoms with E-state index in [4.69, 9.17) is 0 Å². The number of hydrogen-bond donors (Lipinski definition) is 1. The maximum absolute atomic E-state index is 13.2. The molecule has 1 amide bonds. The molecule has 1 aromatic rings. The van der Waals surface area contributed by atoms with Crippen molar-refractivity contribution in [2.45, 2.75) is 63.3 Å². The maximum atomic E-state index is 13.2. The highest BCUT2D eigenvalue weighted by molar-refractivity contribution is 5.89. The quantitative estimate of drug-likeness (QED) is 0.876. The van der Waals surface area contributed by atoms with Crippen molar-refractivity contribution in [2.75, 3.05) is 19.6 Å². The number of benzene rings is 1. The molecule has 4 nitrogen and oxygen atoms in total. The highest BCUT2D eigenvalue weighted by atomic mass is 16.2. The average Bonchev–Trinajstić information content (AvgIpc) is 3.18. The SMILES string of the molecule is Cc1cccc2c1CC1NCCC23CC(=O)C(CC(=O)N2CCCC2)CC13. The third-order valence-electron chi connectivity index (χ3n) is 7.91. The number of aryl methyl sites for hydroxylation is 1. The number of hydrogen-bond acceptors (Lipinski definition) is 3. The number of amides is 1. The highest BCUT2D eigenvalue weighted by Gasteiger charge is 2.55. The van der Waals surface area contributed by atoms with E-state index in [1.165, 1.54) is 16.7 Å². The van der Waals surface area contributed by atoms with Gasteiger partial charge in [0.25, 0.3) is 0 Å². The summed E-state index contributed by atoms with van der Waals surface area (Å²) >= 11 is 0. The van der Waals surface area contributed by atoms with Crippen molar-refractivity contribution in [3.63, 3.8) is 0 Å². The molecule has 5 rings (SSSR count). The maximum Gasteiger partial charge on any atom is 0.223 e. The van der Waals surface area contributed by atoms with E-state index >= 15 is 0 Å². The van der Waals surface area contributed by atoms with Crippen molar-refractivity contribution in [3.8, 4) is 0 Å². The van der Waals surface area contributed by atoms with Crippen LogP contribution in [0.5, 0.6) is 0 Å². The molecule has 27 heavy (non-hydrogen) atoms. The minimum absolute atomic E-state index is 0.000203. The van der Waals surface area contributed by atoms with Gasteiger partial charge in [0.1, 0.15) is 5.78 Å². The van der Waals surface area contributed by atoms with E-state index in [2.05, 4.69) is 30.4 Å². The molecule has 3 fully saturated rings. The molecule has 1 saturated carbocycles. The van der Waals surface area contributed by atoms with Gasteiger partial charge in [-0.2, -0.15) is 0 Å². The van der Waals surface area contributed by atoms with Crippen LogP contribution in [0.4, 0.5) is 0 Å². The normalized spacial score (nSPS) is 34.9. The van der Waals surface area contributed by atoms with Gasteiger partial charge in [0.15, 0.2) is 0 Å². The number of nitrogens with one attached hydrogen (secondary N) is 1.